The lowest BCUT2D eigenvalue weighted by Crippen LogP contribution is -2.27. The van der Waals surface area contributed by atoms with E-state index in [1.165, 1.54) is 4.90 Å². The Balaban J connectivity index is 1.55. The molecule has 0 radical (unpaired) electrons. The highest BCUT2D eigenvalue weighted by atomic mass is 79.9. The molecule has 5 nitrogen and oxygen atoms in total. The van der Waals surface area contributed by atoms with Gasteiger partial charge in [0.15, 0.2) is 11.5 Å². The lowest BCUT2D eigenvalue weighted by Gasteiger charge is -2.15. The summed E-state index contributed by atoms with van der Waals surface area (Å²) in [5.74, 6) is 0.839. The van der Waals surface area contributed by atoms with Crippen molar-refractivity contribution in [1.29, 1.82) is 0 Å². The number of imide groups is 1. The van der Waals surface area contributed by atoms with Gasteiger partial charge in [-0.3, -0.25) is 14.5 Å². The van der Waals surface area contributed by atoms with Crippen LogP contribution >= 0.6 is 43.6 Å². The summed E-state index contributed by atoms with van der Waals surface area (Å²) in [7, 11) is 0. The lowest BCUT2D eigenvalue weighted by atomic mass is 10.1. The molecule has 8 heteroatoms. The summed E-state index contributed by atoms with van der Waals surface area (Å²) >= 11 is 7.93. The van der Waals surface area contributed by atoms with E-state index >= 15 is 0 Å². The van der Waals surface area contributed by atoms with E-state index in [9.17, 15) is 9.59 Å². The van der Waals surface area contributed by atoms with Crippen LogP contribution in [0.3, 0.4) is 0 Å². The van der Waals surface area contributed by atoms with Crippen molar-refractivity contribution in [3.8, 4) is 11.5 Å². The van der Waals surface area contributed by atoms with Crippen molar-refractivity contribution in [3.05, 3.63) is 97.3 Å². The van der Waals surface area contributed by atoms with Crippen molar-refractivity contribution in [2.24, 2.45) is 0 Å². The SMILES string of the molecule is CCOc1cc(/C=C2/SC(=O)N(Cc3cccc(Br)c3)C2=O)cc(Br)c1OCc1ccccc1. The Hall–Kier alpha value is -2.55. The van der Waals surface area contributed by atoms with Gasteiger partial charge in [0.25, 0.3) is 11.1 Å². The zero-order valence-electron chi connectivity index (χ0n) is 18.3. The molecule has 0 bridgehead atoms. The molecule has 2 amide bonds. The Morgan fingerprint density at radius 1 is 0.941 bits per heavy atom. The number of rotatable bonds is 8. The van der Waals surface area contributed by atoms with Gasteiger partial charge in [0.05, 0.1) is 22.5 Å². The van der Waals surface area contributed by atoms with E-state index in [1.807, 2.05) is 73.7 Å². The van der Waals surface area contributed by atoms with E-state index in [4.69, 9.17) is 9.47 Å². The van der Waals surface area contributed by atoms with Crippen molar-refractivity contribution in [3.63, 3.8) is 0 Å². The second kappa shape index (κ2) is 11.3. The first kappa shape index (κ1) is 24.6. The van der Waals surface area contributed by atoms with E-state index in [0.717, 1.165) is 32.9 Å². The zero-order chi connectivity index (χ0) is 24.1. The quantitative estimate of drug-likeness (QED) is 0.251. The highest BCUT2D eigenvalue weighted by Gasteiger charge is 2.35. The summed E-state index contributed by atoms with van der Waals surface area (Å²) in [6, 6.07) is 21.1. The van der Waals surface area contributed by atoms with Gasteiger partial charge in [0.1, 0.15) is 6.61 Å². The molecule has 3 aromatic carbocycles. The van der Waals surface area contributed by atoms with Crippen LogP contribution in [0.1, 0.15) is 23.6 Å². The molecule has 174 valence electrons. The number of hydrogen-bond acceptors (Lipinski definition) is 5. The number of carbonyl (C=O) groups excluding carboxylic acids is 2. The zero-order valence-corrected chi connectivity index (χ0v) is 22.3. The normalized spacial score (nSPS) is 14.7. The number of nitrogens with zero attached hydrogens (tertiary/aromatic N) is 1. The van der Waals surface area contributed by atoms with E-state index in [1.54, 1.807) is 6.08 Å². The molecule has 3 aromatic rings. The first-order chi connectivity index (χ1) is 16.4. The summed E-state index contributed by atoms with van der Waals surface area (Å²) in [4.78, 5) is 27.1. The number of carbonyl (C=O) groups is 2. The van der Waals surface area contributed by atoms with Gasteiger partial charge in [-0.05, 0) is 81.6 Å². The predicted octanol–water partition coefficient (Wildman–Crippen LogP) is 7.43. The molecule has 0 saturated carbocycles. The van der Waals surface area contributed by atoms with Crippen molar-refractivity contribution in [1.82, 2.24) is 4.90 Å². The first-order valence-corrected chi connectivity index (χ1v) is 13.0. The molecular weight excluding hydrogens is 582 g/mol. The largest absolute Gasteiger partial charge is 0.490 e. The van der Waals surface area contributed by atoms with Crippen LogP contribution in [0.2, 0.25) is 0 Å². The molecule has 1 aliphatic heterocycles. The van der Waals surface area contributed by atoms with Crippen LogP contribution in [-0.2, 0) is 17.9 Å². The van der Waals surface area contributed by atoms with Crippen molar-refractivity contribution < 1.29 is 19.1 Å². The van der Waals surface area contributed by atoms with Crippen LogP contribution in [0.4, 0.5) is 4.79 Å². The molecule has 1 aliphatic rings. The maximum atomic E-state index is 13.0. The molecule has 0 spiro atoms. The second-order valence-electron chi connectivity index (χ2n) is 7.44. The minimum Gasteiger partial charge on any atom is -0.490 e. The molecule has 0 N–H and O–H groups in total. The molecule has 4 rings (SSSR count). The van der Waals surface area contributed by atoms with Gasteiger partial charge >= 0.3 is 0 Å². The van der Waals surface area contributed by atoms with Gasteiger partial charge < -0.3 is 9.47 Å². The third-order valence-electron chi connectivity index (χ3n) is 4.96. The fourth-order valence-corrected chi connectivity index (χ4v) is 5.27. The fourth-order valence-electron chi connectivity index (χ4n) is 3.41. The minimum atomic E-state index is -0.312. The Morgan fingerprint density at radius 3 is 2.44 bits per heavy atom. The maximum Gasteiger partial charge on any atom is 0.293 e. The van der Waals surface area contributed by atoms with Gasteiger partial charge in [-0.1, -0.05) is 58.4 Å². The van der Waals surface area contributed by atoms with Gasteiger partial charge in [-0.25, -0.2) is 0 Å². The van der Waals surface area contributed by atoms with Gasteiger partial charge in [-0.15, -0.1) is 0 Å². The average Bonchev–Trinajstić information content (AvgIpc) is 3.07. The van der Waals surface area contributed by atoms with E-state index in [2.05, 4.69) is 31.9 Å². The minimum absolute atomic E-state index is 0.224. The predicted molar refractivity (Wildman–Crippen MR) is 142 cm³/mol. The maximum absolute atomic E-state index is 13.0. The number of amides is 2. The monoisotopic (exact) mass is 601 g/mol. The van der Waals surface area contributed by atoms with Crippen molar-refractivity contribution >= 4 is 60.8 Å². The van der Waals surface area contributed by atoms with E-state index < -0.39 is 0 Å². The Bertz CT molecular complexity index is 1250. The molecule has 0 atom stereocenters. The van der Waals surface area contributed by atoms with Crippen molar-refractivity contribution in [2.75, 3.05) is 6.61 Å². The van der Waals surface area contributed by atoms with Crippen LogP contribution in [0.15, 0.2) is 80.6 Å². The van der Waals surface area contributed by atoms with Crippen LogP contribution in [0.5, 0.6) is 11.5 Å². The Morgan fingerprint density at radius 2 is 1.71 bits per heavy atom. The van der Waals surface area contributed by atoms with Gasteiger partial charge in [0.2, 0.25) is 0 Å². The molecule has 1 heterocycles. The van der Waals surface area contributed by atoms with Crippen LogP contribution in [0, 0.1) is 0 Å². The lowest BCUT2D eigenvalue weighted by molar-refractivity contribution is -0.123. The number of halogens is 2. The van der Waals surface area contributed by atoms with Crippen LogP contribution in [0.25, 0.3) is 6.08 Å². The number of hydrogen-bond donors (Lipinski definition) is 0. The number of thioether (sulfide) groups is 1. The highest BCUT2D eigenvalue weighted by molar-refractivity contribution is 9.10. The molecular formula is C26H21Br2NO4S. The summed E-state index contributed by atoms with van der Waals surface area (Å²) in [6.07, 6.45) is 1.71. The van der Waals surface area contributed by atoms with Gasteiger partial charge in [-0.2, -0.15) is 0 Å². The molecule has 0 aromatic heterocycles. The summed E-state index contributed by atoms with van der Waals surface area (Å²) in [6.45, 7) is 2.98. The van der Waals surface area contributed by atoms with Gasteiger partial charge in [0, 0.05) is 4.47 Å². The molecule has 34 heavy (non-hydrogen) atoms. The van der Waals surface area contributed by atoms with Crippen molar-refractivity contribution in [2.45, 2.75) is 20.1 Å². The smallest absolute Gasteiger partial charge is 0.293 e. The summed E-state index contributed by atoms with van der Waals surface area (Å²) in [5, 5.41) is -0.289. The third-order valence-corrected chi connectivity index (χ3v) is 6.95. The van der Waals surface area contributed by atoms with Crippen LogP contribution in [-0.4, -0.2) is 22.7 Å². The molecule has 0 aliphatic carbocycles. The average molecular weight is 603 g/mol. The standard InChI is InChI=1S/C26H21Br2NO4S/c1-2-32-22-13-19(12-21(28)24(22)33-16-17-7-4-3-5-8-17)14-23-25(30)29(26(31)34-23)15-18-9-6-10-20(27)11-18/h3-14H,2,15-16H2,1H3/b23-14+. The third kappa shape index (κ3) is 5.92. The van der Waals surface area contributed by atoms with Crippen LogP contribution < -0.4 is 9.47 Å². The van der Waals surface area contributed by atoms with E-state index in [-0.39, 0.29) is 17.7 Å². The second-order valence-corrected chi connectivity index (χ2v) is 10.2. The summed E-state index contributed by atoms with van der Waals surface area (Å²) in [5.41, 5.74) is 2.65. The molecule has 1 fully saturated rings. The Kier molecular flexibility index (Phi) is 8.13. The summed E-state index contributed by atoms with van der Waals surface area (Å²) < 4.78 is 13.4. The number of ether oxygens (including phenoxy) is 2. The topological polar surface area (TPSA) is 55.8 Å². The fraction of sp³-hybridized carbons (Fsp3) is 0.154. The molecule has 1 saturated heterocycles. The first-order valence-electron chi connectivity index (χ1n) is 10.6. The Labute approximate surface area is 219 Å². The number of benzene rings is 3. The van der Waals surface area contributed by atoms with E-state index in [0.29, 0.717) is 34.1 Å². The highest BCUT2D eigenvalue weighted by Crippen LogP contribution is 2.40. The molecule has 0 unspecified atom stereocenters.